The zero-order valence-corrected chi connectivity index (χ0v) is 18.2. The Balaban J connectivity index is 1.38. The van der Waals surface area contributed by atoms with Gasteiger partial charge in [0.1, 0.15) is 5.60 Å². The number of pyridine rings is 1. The van der Waals surface area contributed by atoms with Crippen molar-refractivity contribution in [3.8, 4) is 11.3 Å². The van der Waals surface area contributed by atoms with E-state index < -0.39 is 5.60 Å². The van der Waals surface area contributed by atoms with Gasteiger partial charge in [-0.25, -0.2) is 14.8 Å². The van der Waals surface area contributed by atoms with E-state index in [4.69, 9.17) is 9.72 Å². The van der Waals surface area contributed by atoms with Crippen LogP contribution < -0.4 is 4.90 Å². The second kappa shape index (κ2) is 7.48. The lowest BCUT2D eigenvalue weighted by atomic mass is 10.1. The number of fused-ring (bicyclic) bond motifs is 3. The molecule has 0 N–H and O–H groups in total. The van der Waals surface area contributed by atoms with Crippen LogP contribution in [0, 0.1) is 0 Å². The highest BCUT2D eigenvalue weighted by atomic mass is 16.6. The van der Waals surface area contributed by atoms with Gasteiger partial charge in [0, 0.05) is 36.4 Å². The largest absolute Gasteiger partial charge is 0.444 e. The SMILES string of the molecule is CC(C)(C)OC(=O)N1CC2CCC(C1)N2c1nccc(-c2cnc3ccccc3c2)n1. The predicted molar refractivity (Wildman–Crippen MR) is 120 cm³/mol. The Morgan fingerprint density at radius 1 is 1.06 bits per heavy atom. The molecular weight excluding hydrogens is 390 g/mol. The lowest BCUT2D eigenvalue weighted by molar-refractivity contribution is 0.0209. The highest BCUT2D eigenvalue weighted by Crippen LogP contribution is 2.34. The number of likely N-dealkylation sites (tertiary alicyclic amines) is 1. The van der Waals surface area contributed by atoms with Gasteiger partial charge in [0.25, 0.3) is 0 Å². The number of ether oxygens (including phenoxy) is 1. The first-order valence-corrected chi connectivity index (χ1v) is 10.8. The molecule has 3 aromatic rings. The zero-order chi connectivity index (χ0) is 21.6. The first-order chi connectivity index (χ1) is 14.9. The molecule has 2 fully saturated rings. The molecule has 0 spiro atoms. The van der Waals surface area contributed by atoms with E-state index in [1.807, 2.05) is 62.3 Å². The van der Waals surface area contributed by atoms with E-state index in [9.17, 15) is 4.79 Å². The Morgan fingerprint density at radius 2 is 1.81 bits per heavy atom. The first-order valence-electron chi connectivity index (χ1n) is 10.8. The minimum atomic E-state index is -0.488. The Labute approximate surface area is 182 Å². The summed E-state index contributed by atoms with van der Waals surface area (Å²) in [6.07, 6.45) is 5.49. The van der Waals surface area contributed by atoms with Crippen LogP contribution in [0.4, 0.5) is 10.7 Å². The Bertz CT molecular complexity index is 1110. The second-order valence-corrected chi connectivity index (χ2v) is 9.34. The van der Waals surface area contributed by atoms with Crippen molar-refractivity contribution in [3.63, 3.8) is 0 Å². The van der Waals surface area contributed by atoms with Crippen molar-refractivity contribution in [2.24, 2.45) is 0 Å². The smallest absolute Gasteiger partial charge is 0.410 e. The number of hydrogen-bond donors (Lipinski definition) is 0. The van der Waals surface area contributed by atoms with Crippen LogP contribution in [0.1, 0.15) is 33.6 Å². The second-order valence-electron chi connectivity index (χ2n) is 9.34. The number of piperazine rings is 1. The highest BCUT2D eigenvalue weighted by molar-refractivity contribution is 5.82. The minimum absolute atomic E-state index is 0.205. The summed E-state index contributed by atoms with van der Waals surface area (Å²) >= 11 is 0. The fraction of sp³-hybridized carbons (Fsp3) is 0.417. The molecule has 31 heavy (non-hydrogen) atoms. The summed E-state index contributed by atoms with van der Waals surface area (Å²) in [5.74, 6) is 0.724. The summed E-state index contributed by atoms with van der Waals surface area (Å²) in [6.45, 7) is 6.97. The fourth-order valence-corrected chi connectivity index (χ4v) is 4.55. The van der Waals surface area contributed by atoms with E-state index in [0.29, 0.717) is 13.1 Å². The van der Waals surface area contributed by atoms with Crippen LogP contribution in [0.15, 0.2) is 48.8 Å². The molecule has 1 amide bonds. The van der Waals surface area contributed by atoms with E-state index in [-0.39, 0.29) is 18.2 Å². The molecule has 7 heteroatoms. The van der Waals surface area contributed by atoms with E-state index in [1.54, 1.807) is 0 Å². The normalized spacial score (nSPS) is 20.9. The Kier molecular flexibility index (Phi) is 4.76. The molecular formula is C24H27N5O2. The number of carbonyl (C=O) groups excluding carboxylic acids is 1. The lowest BCUT2D eigenvalue weighted by Crippen LogP contribution is -2.56. The van der Waals surface area contributed by atoms with E-state index in [2.05, 4.69) is 27.0 Å². The summed E-state index contributed by atoms with van der Waals surface area (Å²) in [5, 5.41) is 1.09. The third kappa shape index (κ3) is 3.92. The van der Waals surface area contributed by atoms with Gasteiger partial charge in [0.15, 0.2) is 0 Å². The quantitative estimate of drug-likeness (QED) is 0.620. The van der Waals surface area contributed by atoms with Crippen molar-refractivity contribution < 1.29 is 9.53 Å². The first kappa shape index (κ1) is 19.7. The van der Waals surface area contributed by atoms with Crippen LogP contribution in [0.2, 0.25) is 0 Å². The number of anilines is 1. The van der Waals surface area contributed by atoms with E-state index in [0.717, 1.165) is 41.0 Å². The molecule has 160 valence electrons. The van der Waals surface area contributed by atoms with Gasteiger partial charge < -0.3 is 14.5 Å². The van der Waals surface area contributed by atoms with Crippen LogP contribution in [-0.2, 0) is 4.74 Å². The molecule has 7 nitrogen and oxygen atoms in total. The van der Waals surface area contributed by atoms with Crippen molar-refractivity contribution in [2.75, 3.05) is 18.0 Å². The maximum absolute atomic E-state index is 12.6. The third-order valence-corrected chi connectivity index (χ3v) is 5.89. The average Bonchev–Trinajstić information content (AvgIpc) is 3.01. The number of amides is 1. The topological polar surface area (TPSA) is 71.5 Å². The number of carbonyl (C=O) groups is 1. The van der Waals surface area contributed by atoms with Crippen LogP contribution in [0.3, 0.4) is 0 Å². The summed E-state index contributed by atoms with van der Waals surface area (Å²) in [4.78, 5) is 30.7. The van der Waals surface area contributed by atoms with Crippen molar-refractivity contribution in [3.05, 3.63) is 48.8 Å². The Morgan fingerprint density at radius 3 is 2.55 bits per heavy atom. The summed E-state index contributed by atoms with van der Waals surface area (Å²) in [6, 6.07) is 12.5. The van der Waals surface area contributed by atoms with Crippen molar-refractivity contribution in [2.45, 2.75) is 51.3 Å². The molecule has 2 unspecified atom stereocenters. The number of aromatic nitrogens is 3. The molecule has 0 radical (unpaired) electrons. The van der Waals surface area contributed by atoms with E-state index >= 15 is 0 Å². The standard InChI is InChI=1S/C24H27N5O2/c1-24(2,3)31-23(30)28-14-18-8-9-19(15-28)29(18)22-25-11-10-21(27-22)17-12-16-6-4-5-7-20(16)26-13-17/h4-7,10-13,18-19H,8-9,14-15H2,1-3H3. The number of benzene rings is 1. The number of nitrogens with zero attached hydrogens (tertiary/aromatic N) is 5. The van der Waals surface area contributed by atoms with Gasteiger partial charge >= 0.3 is 6.09 Å². The maximum Gasteiger partial charge on any atom is 0.410 e. The van der Waals surface area contributed by atoms with Gasteiger partial charge in [-0.15, -0.1) is 0 Å². The van der Waals surface area contributed by atoms with Gasteiger partial charge in [-0.3, -0.25) is 4.98 Å². The molecule has 5 rings (SSSR count). The molecule has 2 aliphatic rings. The van der Waals surface area contributed by atoms with Crippen LogP contribution in [0.5, 0.6) is 0 Å². The minimum Gasteiger partial charge on any atom is -0.444 e. The average molecular weight is 418 g/mol. The molecule has 2 bridgehead atoms. The van der Waals surface area contributed by atoms with Gasteiger partial charge in [-0.2, -0.15) is 0 Å². The zero-order valence-electron chi connectivity index (χ0n) is 18.2. The molecule has 4 heterocycles. The molecule has 1 aromatic carbocycles. The van der Waals surface area contributed by atoms with Crippen LogP contribution in [-0.4, -0.2) is 56.7 Å². The molecule has 2 atom stereocenters. The summed E-state index contributed by atoms with van der Waals surface area (Å²) in [7, 11) is 0. The number of hydrogen-bond acceptors (Lipinski definition) is 6. The van der Waals surface area contributed by atoms with Gasteiger partial charge in [-0.05, 0) is 51.8 Å². The van der Waals surface area contributed by atoms with Gasteiger partial charge in [0.2, 0.25) is 5.95 Å². The number of rotatable bonds is 2. The fourth-order valence-electron chi connectivity index (χ4n) is 4.55. The van der Waals surface area contributed by atoms with Gasteiger partial charge in [0.05, 0.1) is 23.3 Å². The summed E-state index contributed by atoms with van der Waals surface area (Å²) in [5.41, 5.74) is 2.31. The van der Waals surface area contributed by atoms with Crippen LogP contribution in [0.25, 0.3) is 22.2 Å². The lowest BCUT2D eigenvalue weighted by Gasteiger charge is -2.41. The van der Waals surface area contributed by atoms with Gasteiger partial charge in [-0.1, -0.05) is 18.2 Å². The molecule has 2 saturated heterocycles. The van der Waals surface area contributed by atoms with Crippen molar-refractivity contribution >= 4 is 22.9 Å². The van der Waals surface area contributed by atoms with Crippen molar-refractivity contribution in [1.29, 1.82) is 0 Å². The van der Waals surface area contributed by atoms with E-state index in [1.165, 1.54) is 0 Å². The molecule has 2 aromatic heterocycles. The maximum atomic E-state index is 12.6. The molecule has 0 saturated carbocycles. The monoisotopic (exact) mass is 417 g/mol. The molecule has 0 aliphatic carbocycles. The van der Waals surface area contributed by atoms with Crippen molar-refractivity contribution in [1.82, 2.24) is 19.9 Å². The number of para-hydroxylation sites is 1. The van der Waals surface area contributed by atoms with Crippen LogP contribution >= 0.6 is 0 Å². The predicted octanol–water partition coefficient (Wildman–Crippen LogP) is 4.28. The highest BCUT2D eigenvalue weighted by Gasteiger charge is 2.43. The summed E-state index contributed by atoms with van der Waals surface area (Å²) < 4.78 is 5.58. The third-order valence-electron chi connectivity index (χ3n) is 5.89. The Hall–Kier alpha value is -3.22. The molecule has 2 aliphatic heterocycles.